The van der Waals surface area contributed by atoms with Crippen molar-refractivity contribution in [2.75, 3.05) is 11.1 Å². The Morgan fingerprint density at radius 3 is 2.77 bits per heavy atom. The molecule has 0 bridgehead atoms. The van der Waals surface area contributed by atoms with Crippen LogP contribution >= 0.6 is 15.9 Å². The Morgan fingerprint density at radius 1 is 1.45 bits per heavy atom. The summed E-state index contributed by atoms with van der Waals surface area (Å²) in [6, 6.07) is 8.66. The van der Waals surface area contributed by atoms with E-state index in [-0.39, 0.29) is 11.6 Å². The molecule has 0 spiro atoms. The van der Waals surface area contributed by atoms with Gasteiger partial charge >= 0.3 is 0 Å². The Balaban J connectivity index is 2.26. The first kappa shape index (κ1) is 15.9. The van der Waals surface area contributed by atoms with Crippen LogP contribution in [0, 0.1) is 18.3 Å². The molecule has 1 aromatic heterocycles. The van der Waals surface area contributed by atoms with Crippen molar-refractivity contribution in [2.24, 2.45) is 5.73 Å². The molecule has 1 heterocycles. The van der Waals surface area contributed by atoms with Crippen molar-refractivity contribution in [3.05, 3.63) is 52.8 Å². The summed E-state index contributed by atoms with van der Waals surface area (Å²) < 4.78 is 0. The normalized spacial score (nSPS) is 11.5. The van der Waals surface area contributed by atoms with Crippen LogP contribution in [0.4, 0.5) is 11.4 Å². The number of anilines is 2. The zero-order chi connectivity index (χ0) is 16.3. The molecule has 6 nitrogen and oxygen atoms in total. The number of amides is 1. The van der Waals surface area contributed by atoms with Crippen molar-refractivity contribution in [2.45, 2.75) is 11.9 Å². The highest BCUT2D eigenvalue weighted by molar-refractivity contribution is 9.09. The molecule has 0 saturated carbocycles. The molecule has 7 heteroatoms. The Hall–Kier alpha value is -2.43. The lowest BCUT2D eigenvalue weighted by Gasteiger charge is -2.12. The number of halogens is 1. The fourth-order valence-corrected chi connectivity index (χ4v) is 2.35. The number of rotatable bonds is 3. The summed E-state index contributed by atoms with van der Waals surface area (Å²) in [6.45, 7) is 1.73. The predicted molar refractivity (Wildman–Crippen MR) is 88.4 cm³/mol. The average Bonchev–Trinajstić information content (AvgIpc) is 2.48. The van der Waals surface area contributed by atoms with Crippen LogP contribution in [-0.2, 0) is 0 Å². The molecule has 0 aliphatic heterocycles. The summed E-state index contributed by atoms with van der Waals surface area (Å²) in [5.41, 5.74) is 14.7. The number of pyridine rings is 1. The number of nitriles is 1. The average molecular weight is 360 g/mol. The molecule has 1 aromatic carbocycles. The number of alkyl halides is 1. The summed E-state index contributed by atoms with van der Waals surface area (Å²) in [7, 11) is 0. The van der Waals surface area contributed by atoms with Gasteiger partial charge in [-0.15, -0.1) is 0 Å². The highest BCUT2D eigenvalue weighted by atomic mass is 79.9. The summed E-state index contributed by atoms with van der Waals surface area (Å²) in [5.74, 6) is -0.360. The lowest BCUT2D eigenvalue weighted by molar-refractivity contribution is 0.102. The Kier molecular flexibility index (Phi) is 4.75. The van der Waals surface area contributed by atoms with Crippen LogP contribution in [-0.4, -0.2) is 10.9 Å². The number of hydrogen-bond donors (Lipinski definition) is 3. The zero-order valence-electron chi connectivity index (χ0n) is 11.8. The molecule has 5 N–H and O–H groups in total. The van der Waals surface area contributed by atoms with Gasteiger partial charge in [-0.05, 0) is 36.8 Å². The Morgan fingerprint density at radius 2 is 2.18 bits per heavy atom. The first-order valence-electron chi connectivity index (χ1n) is 6.39. The minimum atomic E-state index is -0.417. The van der Waals surface area contributed by atoms with Crippen LogP contribution in [0.15, 0.2) is 30.5 Å². The van der Waals surface area contributed by atoms with E-state index in [1.165, 1.54) is 6.20 Å². The highest BCUT2D eigenvalue weighted by Crippen LogP contribution is 2.26. The van der Waals surface area contributed by atoms with Gasteiger partial charge in [0.15, 0.2) is 0 Å². The Bertz CT molecular complexity index is 767. The van der Waals surface area contributed by atoms with Crippen molar-refractivity contribution in [3.8, 4) is 6.07 Å². The molecule has 1 atom stereocenters. The summed E-state index contributed by atoms with van der Waals surface area (Å²) >= 11 is 3.25. The molecule has 112 valence electrons. The minimum absolute atomic E-state index is 0.264. The van der Waals surface area contributed by atoms with Gasteiger partial charge in [0.05, 0.1) is 10.5 Å². The van der Waals surface area contributed by atoms with E-state index in [1.54, 1.807) is 31.2 Å². The summed E-state index contributed by atoms with van der Waals surface area (Å²) in [4.78, 5) is 15.9. The lowest BCUT2D eigenvalue weighted by Crippen LogP contribution is -2.16. The topological polar surface area (TPSA) is 118 Å². The second kappa shape index (κ2) is 6.56. The van der Waals surface area contributed by atoms with Gasteiger partial charge in [0.1, 0.15) is 11.8 Å². The Labute approximate surface area is 136 Å². The van der Waals surface area contributed by atoms with Crippen molar-refractivity contribution in [1.29, 1.82) is 5.26 Å². The minimum Gasteiger partial charge on any atom is -0.398 e. The number of hydrogen-bond acceptors (Lipinski definition) is 5. The maximum atomic E-state index is 12.3. The SMILES string of the molecule is Cc1cc(C#N)cnc1C(=O)Nc1ccc(N)c(C(N)Br)c1. The number of nitrogens with one attached hydrogen (secondary N) is 1. The van der Waals surface area contributed by atoms with E-state index in [0.29, 0.717) is 28.1 Å². The van der Waals surface area contributed by atoms with Gasteiger partial charge in [0, 0.05) is 23.1 Å². The standard InChI is InChI=1S/C15H14BrN5O/c1-8-4-9(6-17)7-20-13(8)15(22)21-10-2-3-12(18)11(5-10)14(16)19/h2-5,7,14H,18-19H2,1H3,(H,21,22). The maximum absolute atomic E-state index is 12.3. The predicted octanol–water partition coefficient (Wildman–Crippen LogP) is 2.45. The van der Waals surface area contributed by atoms with E-state index in [1.807, 2.05) is 6.07 Å². The van der Waals surface area contributed by atoms with Crippen LogP contribution < -0.4 is 16.8 Å². The van der Waals surface area contributed by atoms with Crippen molar-refractivity contribution in [1.82, 2.24) is 4.98 Å². The molecule has 0 aliphatic rings. The highest BCUT2D eigenvalue weighted by Gasteiger charge is 2.13. The van der Waals surface area contributed by atoms with E-state index in [2.05, 4.69) is 26.2 Å². The van der Waals surface area contributed by atoms with E-state index in [4.69, 9.17) is 16.7 Å². The number of nitrogens with two attached hydrogens (primary N) is 2. The first-order chi connectivity index (χ1) is 10.4. The molecule has 2 rings (SSSR count). The molecule has 22 heavy (non-hydrogen) atoms. The van der Waals surface area contributed by atoms with Crippen molar-refractivity contribution >= 4 is 33.2 Å². The van der Waals surface area contributed by atoms with Crippen LogP contribution in [0.25, 0.3) is 0 Å². The third kappa shape index (κ3) is 3.42. The molecular formula is C15H14BrN5O. The number of nitrogen functional groups attached to an aromatic ring is 1. The zero-order valence-corrected chi connectivity index (χ0v) is 13.4. The van der Waals surface area contributed by atoms with Gasteiger partial charge in [-0.2, -0.15) is 5.26 Å². The molecule has 1 unspecified atom stereocenters. The van der Waals surface area contributed by atoms with E-state index < -0.39 is 4.95 Å². The molecule has 2 aromatic rings. The number of aromatic nitrogens is 1. The summed E-state index contributed by atoms with van der Waals surface area (Å²) in [6.07, 6.45) is 1.37. The van der Waals surface area contributed by atoms with Gasteiger partial charge in [0.2, 0.25) is 0 Å². The van der Waals surface area contributed by atoms with Crippen LogP contribution in [0.3, 0.4) is 0 Å². The largest absolute Gasteiger partial charge is 0.398 e. The van der Waals surface area contributed by atoms with Crippen LogP contribution in [0.2, 0.25) is 0 Å². The van der Waals surface area contributed by atoms with E-state index in [9.17, 15) is 4.79 Å². The number of nitrogens with zero attached hydrogens (tertiary/aromatic N) is 2. The third-order valence-corrected chi connectivity index (χ3v) is 3.56. The van der Waals surface area contributed by atoms with Gasteiger partial charge in [0.25, 0.3) is 5.91 Å². The van der Waals surface area contributed by atoms with Crippen LogP contribution in [0.5, 0.6) is 0 Å². The fourth-order valence-electron chi connectivity index (χ4n) is 1.96. The van der Waals surface area contributed by atoms with E-state index >= 15 is 0 Å². The molecule has 0 fully saturated rings. The van der Waals surface area contributed by atoms with Gasteiger partial charge < -0.3 is 16.8 Å². The number of aryl methyl sites for hydroxylation is 1. The molecule has 0 saturated heterocycles. The van der Waals surface area contributed by atoms with Crippen molar-refractivity contribution < 1.29 is 4.79 Å². The van der Waals surface area contributed by atoms with Gasteiger partial charge in [-0.1, -0.05) is 15.9 Å². The molecule has 0 radical (unpaired) electrons. The first-order valence-corrected chi connectivity index (χ1v) is 7.31. The van der Waals surface area contributed by atoms with Crippen molar-refractivity contribution in [3.63, 3.8) is 0 Å². The lowest BCUT2D eigenvalue weighted by atomic mass is 10.1. The number of carbonyl (C=O) groups excluding carboxylic acids is 1. The van der Waals surface area contributed by atoms with Gasteiger partial charge in [-0.3, -0.25) is 4.79 Å². The quantitative estimate of drug-likeness (QED) is 0.441. The third-order valence-electron chi connectivity index (χ3n) is 3.06. The van der Waals surface area contributed by atoms with Gasteiger partial charge in [-0.25, -0.2) is 4.98 Å². The second-order valence-electron chi connectivity index (χ2n) is 4.70. The fraction of sp³-hybridized carbons (Fsp3) is 0.133. The molecule has 1 amide bonds. The van der Waals surface area contributed by atoms with Crippen LogP contribution in [0.1, 0.15) is 32.1 Å². The van der Waals surface area contributed by atoms with E-state index in [0.717, 1.165) is 0 Å². The molecular weight excluding hydrogens is 346 g/mol. The second-order valence-corrected chi connectivity index (χ2v) is 5.69. The monoisotopic (exact) mass is 359 g/mol. The summed E-state index contributed by atoms with van der Waals surface area (Å²) in [5, 5.41) is 11.6. The number of benzene rings is 1. The number of carbonyl (C=O) groups is 1. The smallest absolute Gasteiger partial charge is 0.274 e. The molecule has 0 aliphatic carbocycles. The maximum Gasteiger partial charge on any atom is 0.274 e.